The van der Waals surface area contributed by atoms with Crippen molar-refractivity contribution < 1.29 is 0 Å². The number of benzene rings is 1. The summed E-state index contributed by atoms with van der Waals surface area (Å²) in [7, 11) is 0. The van der Waals surface area contributed by atoms with Gasteiger partial charge in [-0.25, -0.2) is 0 Å². The molecule has 1 aromatic heterocycles. The maximum atomic E-state index is 3.01. The smallest absolute Gasteiger partial charge is 0.0534 e. The largest absolute Gasteiger partial charge is 0.345 e. The van der Waals surface area contributed by atoms with Crippen molar-refractivity contribution in [2.45, 2.75) is 104 Å². The lowest BCUT2D eigenvalue weighted by Gasteiger charge is -2.51. The number of hydrogen-bond donors (Lipinski definition) is 0. The summed E-state index contributed by atoms with van der Waals surface area (Å²) in [6.45, 7) is 7.81. The first-order valence-electron chi connectivity index (χ1n) is 23.4. The quantitative estimate of drug-likeness (QED) is 0.284. The first-order valence-corrected chi connectivity index (χ1v) is 23.4. The molecule has 10 unspecified atom stereocenters. The van der Waals surface area contributed by atoms with E-state index in [2.05, 4.69) is 158 Å². The summed E-state index contributed by atoms with van der Waals surface area (Å²) in [5.41, 5.74) is 12.4. The van der Waals surface area contributed by atoms with Gasteiger partial charge in [0.05, 0.1) is 5.52 Å². The molecule has 0 bridgehead atoms. The Morgan fingerprint density at radius 3 is 2.53 bits per heavy atom. The van der Waals surface area contributed by atoms with Crippen LogP contribution in [0.25, 0.3) is 28.2 Å². The normalized spacial score (nSPS) is 35.4. The molecule has 9 aliphatic carbocycles. The Morgan fingerprint density at radius 1 is 0.776 bits per heavy atom. The number of rotatable bonds is 6. The minimum Gasteiger partial charge on any atom is -0.345 e. The van der Waals surface area contributed by atoms with E-state index in [0.29, 0.717) is 52.9 Å². The van der Waals surface area contributed by atoms with Crippen LogP contribution in [0.4, 0.5) is 0 Å². The predicted molar refractivity (Wildman–Crippen MR) is 245 cm³/mol. The summed E-state index contributed by atoms with van der Waals surface area (Å²) in [4.78, 5) is 3.01. The molecule has 2 heteroatoms. The highest BCUT2D eigenvalue weighted by molar-refractivity contribution is 5.96. The third-order valence-electron chi connectivity index (χ3n) is 16.9. The van der Waals surface area contributed by atoms with E-state index in [1.807, 2.05) is 0 Å². The van der Waals surface area contributed by atoms with Crippen LogP contribution in [-0.2, 0) is 6.42 Å². The molecule has 2 aromatic rings. The standard InChI is InChI=1S/C56H64N2/c1-37-16-14-25-48-53(33-31-44(55(37)48)40-28-32-54-49(35-40)47-24-11-13-27-52(47)58(54)41-20-8-5-9-21-41)57(42-22-15-19-39(34-42)38-17-6-4-7-18-38)43-29-30-46-45-23-10-12-26-50(45)56(2,3)51(46)36-43/h4-8,10-12,15,17,19-20,22-24,26,28,31-33,35,37-39,43,45-46,48,50-51,55H,9,13-14,16,18,21,25,27,29-30,34,36H2,1-3H3. The average Bonchev–Trinajstić information content (AvgIpc) is 3.72. The summed E-state index contributed by atoms with van der Waals surface area (Å²) in [5, 5.41) is 1.44. The lowest BCUT2D eigenvalue weighted by molar-refractivity contribution is 0.0795. The van der Waals surface area contributed by atoms with Crippen LogP contribution in [-0.4, -0.2) is 15.5 Å². The Kier molecular flexibility index (Phi) is 9.35. The first-order chi connectivity index (χ1) is 28.5. The molecule has 0 spiro atoms. The second-order valence-electron chi connectivity index (χ2n) is 20.2. The van der Waals surface area contributed by atoms with Gasteiger partial charge in [-0.2, -0.15) is 0 Å². The topological polar surface area (TPSA) is 8.17 Å². The van der Waals surface area contributed by atoms with Gasteiger partial charge in [0.1, 0.15) is 0 Å². The molecular formula is C56H64N2. The highest BCUT2D eigenvalue weighted by atomic mass is 15.2. The van der Waals surface area contributed by atoms with E-state index in [-0.39, 0.29) is 0 Å². The molecule has 9 aliphatic rings. The van der Waals surface area contributed by atoms with Gasteiger partial charge >= 0.3 is 0 Å². The van der Waals surface area contributed by atoms with Crippen molar-refractivity contribution in [2.24, 2.45) is 58.7 Å². The Balaban J connectivity index is 1.00. The van der Waals surface area contributed by atoms with Crippen LogP contribution in [0.5, 0.6) is 0 Å². The molecule has 0 aliphatic heterocycles. The van der Waals surface area contributed by atoms with Crippen LogP contribution in [0.15, 0.2) is 133 Å². The van der Waals surface area contributed by atoms with E-state index < -0.39 is 0 Å². The monoisotopic (exact) mass is 765 g/mol. The summed E-state index contributed by atoms with van der Waals surface area (Å²) < 4.78 is 2.62. The van der Waals surface area contributed by atoms with Crippen molar-refractivity contribution in [1.82, 2.24) is 9.47 Å². The highest BCUT2D eigenvalue weighted by Crippen LogP contribution is 2.62. The van der Waals surface area contributed by atoms with Gasteiger partial charge in [0, 0.05) is 45.7 Å². The maximum Gasteiger partial charge on any atom is 0.0534 e. The van der Waals surface area contributed by atoms with Crippen LogP contribution in [0, 0.1) is 58.7 Å². The number of nitrogens with zero attached hydrogens (tertiary/aromatic N) is 2. The lowest BCUT2D eigenvalue weighted by Crippen LogP contribution is -2.46. The molecule has 3 fully saturated rings. The minimum atomic E-state index is 0.315. The van der Waals surface area contributed by atoms with Crippen LogP contribution in [0.2, 0.25) is 0 Å². The third-order valence-corrected chi connectivity index (χ3v) is 16.9. The molecule has 0 saturated heterocycles. The second-order valence-corrected chi connectivity index (χ2v) is 20.2. The van der Waals surface area contributed by atoms with Crippen LogP contribution < -0.4 is 0 Å². The second kappa shape index (κ2) is 14.8. The molecule has 0 amide bonds. The molecule has 1 heterocycles. The van der Waals surface area contributed by atoms with E-state index >= 15 is 0 Å². The fraction of sp³-hybridized carbons (Fsp3) is 0.464. The molecule has 2 nitrogen and oxygen atoms in total. The van der Waals surface area contributed by atoms with Crippen molar-refractivity contribution in [2.75, 3.05) is 0 Å². The van der Waals surface area contributed by atoms with E-state index in [9.17, 15) is 0 Å². The van der Waals surface area contributed by atoms with Gasteiger partial charge in [-0.3, -0.25) is 0 Å². The maximum absolute atomic E-state index is 3.01. The molecule has 298 valence electrons. The van der Waals surface area contributed by atoms with Crippen molar-refractivity contribution in [1.29, 1.82) is 0 Å². The minimum absolute atomic E-state index is 0.315. The van der Waals surface area contributed by atoms with Gasteiger partial charge in [0.15, 0.2) is 0 Å². The number of hydrogen-bond acceptors (Lipinski definition) is 1. The van der Waals surface area contributed by atoms with E-state index in [4.69, 9.17) is 0 Å². The Labute approximate surface area is 348 Å². The van der Waals surface area contributed by atoms with Gasteiger partial charge in [0.25, 0.3) is 0 Å². The molecule has 10 atom stereocenters. The van der Waals surface area contributed by atoms with Crippen molar-refractivity contribution in [3.05, 3.63) is 150 Å². The molecule has 58 heavy (non-hydrogen) atoms. The zero-order chi connectivity index (χ0) is 39.0. The summed E-state index contributed by atoms with van der Waals surface area (Å²) >= 11 is 0. The zero-order valence-electron chi connectivity index (χ0n) is 35.3. The summed E-state index contributed by atoms with van der Waals surface area (Å²) in [6.07, 6.45) is 58.4. The zero-order valence-corrected chi connectivity index (χ0v) is 35.3. The van der Waals surface area contributed by atoms with Crippen LogP contribution in [0.3, 0.4) is 0 Å². The Bertz CT molecular complexity index is 2320. The van der Waals surface area contributed by atoms with Gasteiger partial charge < -0.3 is 9.47 Å². The first kappa shape index (κ1) is 36.8. The Hall–Kier alpha value is -4.30. The number of fused-ring (bicyclic) bond motifs is 7. The molecule has 0 radical (unpaired) electrons. The van der Waals surface area contributed by atoms with Crippen molar-refractivity contribution in [3.8, 4) is 0 Å². The molecule has 11 rings (SSSR count). The highest BCUT2D eigenvalue weighted by Gasteiger charge is 2.56. The lowest BCUT2D eigenvalue weighted by atomic mass is 9.63. The van der Waals surface area contributed by atoms with E-state index in [1.165, 1.54) is 71.9 Å². The van der Waals surface area contributed by atoms with E-state index in [1.54, 1.807) is 17.0 Å². The molecular weight excluding hydrogens is 701 g/mol. The van der Waals surface area contributed by atoms with Crippen LogP contribution in [0.1, 0.15) is 108 Å². The number of allylic oxidation sites excluding steroid dienone is 21. The van der Waals surface area contributed by atoms with Gasteiger partial charge in [-0.05, 0) is 158 Å². The fourth-order valence-corrected chi connectivity index (χ4v) is 14.2. The van der Waals surface area contributed by atoms with Crippen molar-refractivity contribution >= 4 is 28.2 Å². The van der Waals surface area contributed by atoms with E-state index in [0.717, 1.165) is 50.4 Å². The van der Waals surface area contributed by atoms with Crippen molar-refractivity contribution in [3.63, 3.8) is 0 Å². The van der Waals surface area contributed by atoms with Gasteiger partial charge in [-0.15, -0.1) is 0 Å². The fourth-order valence-electron chi connectivity index (χ4n) is 14.2. The number of aromatic nitrogens is 1. The predicted octanol–water partition coefficient (Wildman–Crippen LogP) is 14.2. The molecule has 3 saturated carbocycles. The Morgan fingerprint density at radius 2 is 1.66 bits per heavy atom. The average molecular weight is 765 g/mol. The molecule has 1 aromatic carbocycles. The SMILES string of the molecule is CC1CCCC2C(N(C3=CC=CC(C4C=CC=CC4)C3)C3CCC4C5C=CC=CC5C(C)(C)C4C3)=CC=C(c3ccc4c(c3)c3c(n4C4=CC=CCC4)CCC=C3)C12. The summed E-state index contributed by atoms with van der Waals surface area (Å²) in [6, 6.07) is 8.11. The third kappa shape index (κ3) is 6.01. The van der Waals surface area contributed by atoms with Gasteiger partial charge in [-0.1, -0.05) is 131 Å². The molecule has 0 N–H and O–H groups in total. The van der Waals surface area contributed by atoms with Crippen LogP contribution >= 0.6 is 0 Å². The van der Waals surface area contributed by atoms with Gasteiger partial charge in [0.2, 0.25) is 0 Å². The summed E-state index contributed by atoms with van der Waals surface area (Å²) in [5.74, 6) is 5.80.